The molecule has 0 aliphatic rings. The van der Waals surface area contributed by atoms with Gasteiger partial charge in [-0.25, -0.2) is 27.9 Å². The fourth-order valence-corrected chi connectivity index (χ4v) is 4.95. The summed E-state index contributed by atoms with van der Waals surface area (Å²) in [4.78, 5) is 21.2. The number of sulfonamides is 1. The lowest BCUT2D eigenvalue weighted by molar-refractivity contribution is 0.0528. The highest BCUT2D eigenvalue weighted by Gasteiger charge is 2.26. The van der Waals surface area contributed by atoms with Gasteiger partial charge >= 0.3 is 5.97 Å². The number of hydrogen-bond acceptors (Lipinski definition) is 9. The van der Waals surface area contributed by atoms with Crippen LogP contribution in [0.4, 0.5) is 17.5 Å². The number of rotatable bonds is 9. The molecule has 5 rings (SSSR count). The van der Waals surface area contributed by atoms with E-state index in [2.05, 4.69) is 30.2 Å². The Balaban J connectivity index is 1.55. The van der Waals surface area contributed by atoms with Crippen molar-refractivity contribution in [3.63, 3.8) is 0 Å². The number of carbonyl (C=O) groups excluding carboxylic acids is 1. The number of esters is 1. The number of hydrogen-bond donors (Lipinski definition) is 2. The van der Waals surface area contributed by atoms with Crippen LogP contribution in [0.5, 0.6) is 0 Å². The zero-order valence-electron chi connectivity index (χ0n) is 21.4. The molecule has 0 fully saturated rings. The molecule has 2 N–H and O–H groups in total. The normalized spacial score (nSPS) is 11.0. The molecule has 40 heavy (non-hydrogen) atoms. The van der Waals surface area contributed by atoms with Crippen LogP contribution < -0.4 is 10.0 Å². The second-order valence-corrected chi connectivity index (χ2v) is 10.1. The van der Waals surface area contributed by atoms with E-state index < -0.39 is 16.0 Å². The molecule has 0 aliphatic carbocycles. The SMILES string of the molecule is CCOC(=O)c1c(Nc2ccc(S(=O)(=O)Nc3ncccn3)cc2)nnc(-c2ccccc2)c1-c1ccccc1. The third-order valence-corrected chi connectivity index (χ3v) is 7.13. The van der Waals surface area contributed by atoms with Gasteiger partial charge < -0.3 is 10.1 Å². The van der Waals surface area contributed by atoms with E-state index in [0.29, 0.717) is 16.9 Å². The van der Waals surface area contributed by atoms with Gasteiger partial charge in [0.15, 0.2) is 5.82 Å². The van der Waals surface area contributed by atoms with Crippen molar-refractivity contribution < 1.29 is 17.9 Å². The van der Waals surface area contributed by atoms with E-state index in [9.17, 15) is 13.2 Å². The lowest BCUT2D eigenvalue weighted by Crippen LogP contribution is -2.15. The first-order chi connectivity index (χ1) is 19.5. The lowest BCUT2D eigenvalue weighted by atomic mass is 9.95. The van der Waals surface area contributed by atoms with Crippen LogP contribution in [0.25, 0.3) is 22.4 Å². The number of nitrogens with zero attached hydrogens (tertiary/aromatic N) is 4. The van der Waals surface area contributed by atoms with E-state index in [1.807, 2.05) is 60.7 Å². The van der Waals surface area contributed by atoms with Gasteiger partial charge in [0.05, 0.1) is 11.5 Å². The second-order valence-electron chi connectivity index (χ2n) is 8.43. The van der Waals surface area contributed by atoms with E-state index in [4.69, 9.17) is 4.74 Å². The van der Waals surface area contributed by atoms with Crippen molar-refractivity contribution in [3.8, 4) is 22.4 Å². The minimum Gasteiger partial charge on any atom is -0.462 e. The van der Waals surface area contributed by atoms with Crippen LogP contribution in [-0.2, 0) is 14.8 Å². The van der Waals surface area contributed by atoms with E-state index in [-0.39, 0.29) is 28.8 Å². The average molecular weight is 553 g/mol. The summed E-state index contributed by atoms with van der Waals surface area (Å²) in [6.45, 7) is 1.90. The van der Waals surface area contributed by atoms with Crippen molar-refractivity contribution >= 4 is 33.4 Å². The second kappa shape index (κ2) is 11.7. The molecule has 0 spiro atoms. The van der Waals surface area contributed by atoms with Crippen molar-refractivity contribution in [2.75, 3.05) is 16.6 Å². The Morgan fingerprint density at radius 2 is 1.43 bits per heavy atom. The summed E-state index contributed by atoms with van der Waals surface area (Å²) in [6, 6.07) is 26.4. The molecule has 0 saturated carbocycles. The fourth-order valence-electron chi connectivity index (χ4n) is 4.00. The highest BCUT2D eigenvalue weighted by Crippen LogP contribution is 2.37. The summed E-state index contributed by atoms with van der Waals surface area (Å²) >= 11 is 0. The summed E-state index contributed by atoms with van der Waals surface area (Å²) in [5.74, 6) is -0.434. The molecule has 0 unspecified atom stereocenters. The summed E-state index contributed by atoms with van der Waals surface area (Å²) in [7, 11) is -3.92. The molecule has 0 atom stereocenters. The quantitative estimate of drug-likeness (QED) is 0.233. The maximum atomic E-state index is 13.4. The van der Waals surface area contributed by atoms with Crippen molar-refractivity contribution in [1.29, 1.82) is 0 Å². The monoisotopic (exact) mass is 552 g/mol. The zero-order valence-corrected chi connectivity index (χ0v) is 22.2. The molecule has 11 heteroatoms. The summed E-state index contributed by atoms with van der Waals surface area (Å²) < 4.78 is 33.3. The van der Waals surface area contributed by atoms with Crippen LogP contribution in [0, 0.1) is 0 Å². The minimum atomic E-state index is -3.92. The molecule has 0 saturated heterocycles. The highest BCUT2D eigenvalue weighted by molar-refractivity contribution is 7.92. The van der Waals surface area contributed by atoms with E-state index in [1.165, 1.54) is 24.5 Å². The van der Waals surface area contributed by atoms with Gasteiger partial charge in [0.1, 0.15) is 11.3 Å². The van der Waals surface area contributed by atoms with Crippen LogP contribution in [0.2, 0.25) is 0 Å². The van der Waals surface area contributed by atoms with Crippen molar-refractivity contribution in [2.24, 2.45) is 0 Å². The molecule has 0 amide bonds. The van der Waals surface area contributed by atoms with E-state index >= 15 is 0 Å². The number of benzene rings is 3. The minimum absolute atomic E-state index is 0.00611. The molecular weight excluding hydrogens is 528 g/mol. The van der Waals surface area contributed by atoms with Crippen LogP contribution in [-0.4, -0.2) is 41.2 Å². The van der Waals surface area contributed by atoms with Gasteiger partial charge in [-0.1, -0.05) is 60.7 Å². The predicted molar refractivity (Wildman–Crippen MR) is 151 cm³/mol. The standard InChI is InChI=1S/C29H24N6O4S/c1-2-39-28(36)25-24(20-10-5-3-6-11-20)26(21-12-7-4-8-13-21)33-34-27(25)32-22-14-16-23(17-15-22)40(37,38)35-29-30-18-9-19-31-29/h3-19H,2H2,1H3,(H,32,34)(H,30,31,35). The Morgan fingerprint density at radius 1 is 0.800 bits per heavy atom. The number of nitrogens with one attached hydrogen (secondary N) is 2. The third kappa shape index (κ3) is 5.79. The van der Waals surface area contributed by atoms with Crippen LogP contribution in [0.3, 0.4) is 0 Å². The van der Waals surface area contributed by atoms with Gasteiger partial charge in [0, 0.05) is 29.2 Å². The van der Waals surface area contributed by atoms with Crippen molar-refractivity contribution in [2.45, 2.75) is 11.8 Å². The number of aromatic nitrogens is 4. The smallest absolute Gasteiger partial charge is 0.342 e. The van der Waals surface area contributed by atoms with Crippen molar-refractivity contribution in [1.82, 2.24) is 20.2 Å². The molecular formula is C29H24N6O4S. The van der Waals surface area contributed by atoms with Crippen LogP contribution in [0.15, 0.2) is 108 Å². The van der Waals surface area contributed by atoms with E-state index in [1.54, 1.807) is 25.1 Å². The molecule has 5 aromatic rings. The Labute approximate surface area is 231 Å². The molecule has 10 nitrogen and oxygen atoms in total. The topological polar surface area (TPSA) is 136 Å². The lowest BCUT2D eigenvalue weighted by Gasteiger charge is -2.17. The summed E-state index contributed by atoms with van der Waals surface area (Å²) in [6.07, 6.45) is 2.87. The van der Waals surface area contributed by atoms with Gasteiger partial charge in [-0.3, -0.25) is 0 Å². The Morgan fingerprint density at radius 3 is 2.05 bits per heavy atom. The molecule has 200 valence electrons. The molecule has 2 heterocycles. The maximum absolute atomic E-state index is 13.4. The Hall–Kier alpha value is -5.16. The van der Waals surface area contributed by atoms with Gasteiger partial charge in [-0.2, -0.15) is 0 Å². The zero-order chi connectivity index (χ0) is 28.0. The summed E-state index contributed by atoms with van der Waals surface area (Å²) in [5, 5.41) is 12.0. The van der Waals surface area contributed by atoms with Gasteiger partial charge in [0.25, 0.3) is 10.0 Å². The number of carbonyl (C=O) groups is 1. The van der Waals surface area contributed by atoms with Crippen molar-refractivity contribution in [3.05, 3.63) is 109 Å². The highest BCUT2D eigenvalue weighted by atomic mass is 32.2. The largest absolute Gasteiger partial charge is 0.462 e. The predicted octanol–water partition coefficient (Wildman–Crippen LogP) is 5.32. The van der Waals surface area contributed by atoms with Gasteiger partial charge in [-0.15, -0.1) is 10.2 Å². The maximum Gasteiger partial charge on any atom is 0.342 e. The molecule has 0 bridgehead atoms. The van der Waals surface area contributed by atoms with E-state index in [0.717, 1.165) is 11.1 Å². The third-order valence-electron chi connectivity index (χ3n) is 5.78. The Bertz CT molecular complexity index is 1720. The Kier molecular flexibility index (Phi) is 7.74. The number of anilines is 3. The van der Waals surface area contributed by atoms with Gasteiger partial charge in [0.2, 0.25) is 5.95 Å². The fraction of sp³-hybridized carbons (Fsp3) is 0.0690. The van der Waals surface area contributed by atoms with Gasteiger partial charge in [-0.05, 0) is 42.8 Å². The number of ether oxygens (including phenoxy) is 1. The average Bonchev–Trinajstić information content (AvgIpc) is 2.98. The molecule has 3 aromatic carbocycles. The van der Waals surface area contributed by atoms with Crippen LogP contribution in [0.1, 0.15) is 17.3 Å². The molecule has 2 aromatic heterocycles. The first-order valence-corrected chi connectivity index (χ1v) is 13.8. The molecule has 0 aliphatic heterocycles. The molecule has 0 radical (unpaired) electrons. The van der Waals surface area contributed by atoms with Crippen LogP contribution >= 0.6 is 0 Å². The first-order valence-electron chi connectivity index (χ1n) is 12.3. The summed E-state index contributed by atoms with van der Waals surface area (Å²) in [5.41, 5.74) is 3.33. The first kappa shape index (κ1) is 26.4.